The second-order valence-electron chi connectivity index (χ2n) is 4.54. The van der Waals surface area contributed by atoms with Crippen LogP contribution in [0.3, 0.4) is 0 Å². The van der Waals surface area contributed by atoms with Gasteiger partial charge in [0, 0.05) is 19.6 Å². The molecular weight excluding hydrogens is 176 g/mol. The van der Waals surface area contributed by atoms with Gasteiger partial charge in [0.25, 0.3) is 0 Å². The van der Waals surface area contributed by atoms with E-state index in [0.29, 0.717) is 5.91 Å². The molecule has 0 saturated carbocycles. The van der Waals surface area contributed by atoms with Crippen LogP contribution in [0.1, 0.15) is 26.2 Å². The largest absolute Gasteiger partial charge is 0.342 e. The molecule has 1 N–H and O–H groups in total. The lowest BCUT2D eigenvalue weighted by Gasteiger charge is -2.19. The second kappa shape index (κ2) is 4.30. The highest BCUT2D eigenvalue weighted by Gasteiger charge is 2.31. The topological polar surface area (TPSA) is 32.3 Å². The van der Waals surface area contributed by atoms with Crippen molar-refractivity contribution in [3.63, 3.8) is 0 Å². The summed E-state index contributed by atoms with van der Waals surface area (Å²) < 4.78 is 0. The van der Waals surface area contributed by atoms with Gasteiger partial charge in [-0.3, -0.25) is 4.79 Å². The molecule has 0 spiro atoms. The molecule has 2 atom stereocenters. The molecule has 0 aliphatic carbocycles. The molecule has 2 aliphatic rings. The zero-order chi connectivity index (χ0) is 9.97. The lowest BCUT2D eigenvalue weighted by Crippen LogP contribution is -2.35. The van der Waals surface area contributed by atoms with Crippen molar-refractivity contribution in [1.82, 2.24) is 10.2 Å². The molecule has 2 aliphatic heterocycles. The number of rotatable bonds is 2. The highest BCUT2D eigenvalue weighted by atomic mass is 16.2. The van der Waals surface area contributed by atoms with Gasteiger partial charge >= 0.3 is 0 Å². The molecular formula is C11H20N2O. The fourth-order valence-electron chi connectivity index (χ4n) is 2.49. The van der Waals surface area contributed by atoms with Crippen LogP contribution in [0.5, 0.6) is 0 Å². The molecule has 1 amide bonds. The number of amides is 1. The minimum absolute atomic E-state index is 0.269. The van der Waals surface area contributed by atoms with Crippen molar-refractivity contribution in [2.45, 2.75) is 26.2 Å². The maximum atomic E-state index is 12.0. The van der Waals surface area contributed by atoms with Gasteiger partial charge in [-0.05, 0) is 25.3 Å². The number of carbonyl (C=O) groups excluding carboxylic acids is 1. The van der Waals surface area contributed by atoms with Crippen LogP contribution in [-0.4, -0.2) is 37.0 Å². The summed E-state index contributed by atoms with van der Waals surface area (Å²) in [5.74, 6) is 1.42. The summed E-state index contributed by atoms with van der Waals surface area (Å²) in [4.78, 5) is 14.1. The Kier molecular flexibility index (Phi) is 3.06. The van der Waals surface area contributed by atoms with E-state index >= 15 is 0 Å². The lowest BCUT2D eigenvalue weighted by atomic mass is 10.1. The maximum absolute atomic E-state index is 12.0. The van der Waals surface area contributed by atoms with E-state index in [1.807, 2.05) is 0 Å². The third-order valence-electron chi connectivity index (χ3n) is 3.58. The van der Waals surface area contributed by atoms with E-state index < -0.39 is 0 Å². The van der Waals surface area contributed by atoms with Crippen molar-refractivity contribution in [3.05, 3.63) is 0 Å². The van der Waals surface area contributed by atoms with E-state index in [9.17, 15) is 4.79 Å². The van der Waals surface area contributed by atoms with Gasteiger partial charge in [0.05, 0.1) is 5.92 Å². The molecule has 2 saturated heterocycles. The summed E-state index contributed by atoms with van der Waals surface area (Å²) in [6.45, 7) is 6.13. The molecule has 2 rings (SSSR count). The third kappa shape index (κ3) is 1.92. The SMILES string of the molecule is CCC1CCN(C(=O)C2CCNC2)C1. The van der Waals surface area contributed by atoms with Crippen LogP contribution < -0.4 is 5.32 Å². The summed E-state index contributed by atoms with van der Waals surface area (Å²) >= 11 is 0. The molecule has 2 fully saturated rings. The Labute approximate surface area is 85.8 Å². The zero-order valence-electron chi connectivity index (χ0n) is 8.96. The fraction of sp³-hybridized carbons (Fsp3) is 0.909. The Morgan fingerprint density at radius 2 is 2.36 bits per heavy atom. The molecule has 80 valence electrons. The van der Waals surface area contributed by atoms with E-state index in [2.05, 4.69) is 17.1 Å². The molecule has 2 heterocycles. The number of nitrogens with zero attached hydrogens (tertiary/aromatic N) is 1. The van der Waals surface area contributed by atoms with Crippen LogP contribution in [0.25, 0.3) is 0 Å². The minimum Gasteiger partial charge on any atom is -0.342 e. The van der Waals surface area contributed by atoms with Crippen molar-refractivity contribution in [1.29, 1.82) is 0 Å². The van der Waals surface area contributed by atoms with Crippen molar-refractivity contribution in [2.24, 2.45) is 11.8 Å². The Balaban J connectivity index is 1.86. The lowest BCUT2D eigenvalue weighted by molar-refractivity contribution is -0.133. The Hall–Kier alpha value is -0.570. The van der Waals surface area contributed by atoms with Gasteiger partial charge in [0.2, 0.25) is 5.91 Å². The predicted molar refractivity (Wildman–Crippen MR) is 56.0 cm³/mol. The van der Waals surface area contributed by atoms with Gasteiger partial charge in [-0.1, -0.05) is 13.3 Å². The Morgan fingerprint density at radius 1 is 1.50 bits per heavy atom. The van der Waals surface area contributed by atoms with Crippen molar-refractivity contribution >= 4 is 5.91 Å². The van der Waals surface area contributed by atoms with Gasteiger partial charge in [0.1, 0.15) is 0 Å². The first kappa shape index (κ1) is 9.97. The molecule has 14 heavy (non-hydrogen) atoms. The first-order valence-corrected chi connectivity index (χ1v) is 5.80. The molecule has 0 aromatic rings. The Bertz CT molecular complexity index is 211. The van der Waals surface area contributed by atoms with Crippen LogP contribution in [0, 0.1) is 11.8 Å². The van der Waals surface area contributed by atoms with Crippen molar-refractivity contribution in [2.75, 3.05) is 26.2 Å². The molecule has 3 heteroatoms. The van der Waals surface area contributed by atoms with E-state index in [4.69, 9.17) is 0 Å². The molecule has 3 nitrogen and oxygen atoms in total. The number of carbonyl (C=O) groups is 1. The highest BCUT2D eigenvalue weighted by Crippen LogP contribution is 2.22. The number of hydrogen-bond acceptors (Lipinski definition) is 2. The number of nitrogens with one attached hydrogen (secondary N) is 1. The molecule has 0 aromatic heterocycles. The molecule has 2 unspecified atom stereocenters. The normalized spacial score (nSPS) is 32.5. The van der Waals surface area contributed by atoms with E-state index in [1.165, 1.54) is 12.8 Å². The van der Waals surface area contributed by atoms with E-state index in [1.54, 1.807) is 0 Å². The third-order valence-corrected chi connectivity index (χ3v) is 3.58. The zero-order valence-corrected chi connectivity index (χ0v) is 8.96. The quantitative estimate of drug-likeness (QED) is 0.710. The van der Waals surface area contributed by atoms with Gasteiger partial charge in [-0.2, -0.15) is 0 Å². The van der Waals surface area contributed by atoms with Crippen LogP contribution in [0.4, 0.5) is 0 Å². The predicted octanol–water partition coefficient (Wildman–Crippen LogP) is 0.854. The summed E-state index contributed by atoms with van der Waals surface area (Å²) in [6.07, 6.45) is 3.46. The first-order valence-electron chi connectivity index (χ1n) is 5.80. The van der Waals surface area contributed by atoms with Crippen LogP contribution in [0.2, 0.25) is 0 Å². The van der Waals surface area contributed by atoms with Crippen LogP contribution in [0.15, 0.2) is 0 Å². The Morgan fingerprint density at radius 3 is 2.93 bits per heavy atom. The summed E-state index contributed by atoms with van der Waals surface area (Å²) in [7, 11) is 0. The first-order chi connectivity index (χ1) is 6.81. The number of likely N-dealkylation sites (tertiary alicyclic amines) is 1. The maximum Gasteiger partial charge on any atom is 0.227 e. The van der Waals surface area contributed by atoms with Crippen molar-refractivity contribution < 1.29 is 4.79 Å². The smallest absolute Gasteiger partial charge is 0.227 e. The standard InChI is InChI=1S/C11H20N2O/c1-2-9-4-6-13(8-9)11(14)10-3-5-12-7-10/h9-10,12H,2-8H2,1H3. The van der Waals surface area contributed by atoms with Crippen molar-refractivity contribution in [3.8, 4) is 0 Å². The number of hydrogen-bond donors (Lipinski definition) is 1. The second-order valence-corrected chi connectivity index (χ2v) is 4.54. The van der Waals surface area contributed by atoms with Gasteiger partial charge < -0.3 is 10.2 Å². The van der Waals surface area contributed by atoms with Gasteiger partial charge in [-0.15, -0.1) is 0 Å². The average molecular weight is 196 g/mol. The van der Waals surface area contributed by atoms with Gasteiger partial charge in [0.15, 0.2) is 0 Å². The summed E-state index contributed by atoms with van der Waals surface area (Å²) in [5, 5.41) is 3.25. The summed E-state index contributed by atoms with van der Waals surface area (Å²) in [6, 6.07) is 0. The van der Waals surface area contributed by atoms with Gasteiger partial charge in [-0.25, -0.2) is 0 Å². The highest BCUT2D eigenvalue weighted by molar-refractivity contribution is 5.79. The minimum atomic E-state index is 0.269. The van der Waals surface area contributed by atoms with E-state index in [0.717, 1.165) is 38.5 Å². The van der Waals surface area contributed by atoms with Crippen LogP contribution in [-0.2, 0) is 4.79 Å². The monoisotopic (exact) mass is 196 g/mol. The molecule has 0 bridgehead atoms. The molecule has 0 aromatic carbocycles. The van der Waals surface area contributed by atoms with E-state index in [-0.39, 0.29) is 5.92 Å². The molecule has 0 radical (unpaired) electrons. The average Bonchev–Trinajstić information content (AvgIpc) is 2.88. The van der Waals surface area contributed by atoms with Crippen LogP contribution >= 0.6 is 0 Å². The summed E-state index contributed by atoms with van der Waals surface area (Å²) in [5.41, 5.74) is 0. The fourth-order valence-corrected chi connectivity index (χ4v) is 2.49.